The summed E-state index contributed by atoms with van der Waals surface area (Å²) in [4.78, 5) is 53.8. The van der Waals surface area contributed by atoms with E-state index in [4.69, 9.17) is 11.1 Å². The summed E-state index contributed by atoms with van der Waals surface area (Å²) in [5, 5.41) is 31.8. The third-order valence-corrected chi connectivity index (χ3v) is 5.72. The molecule has 1 heterocycles. The van der Waals surface area contributed by atoms with Crippen molar-refractivity contribution in [1.82, 2.24) is 10.3 Å². The number of carbonyl (C=O) groups is 4. The van der Waals surface area contributed by atoms with Gasteiger partial charge in [-0.3, -0.25) is 15.0 Å². The number of amides is 2. The summed E-state index contributed by atoms with van der Waals surface area (Å²) in [5.74, 6) is -4.41. The average molecular weight is 518 g/mol. The second-order valence-electron chi connectivity index (χ2n) is 8.89. The number of nitrogens with two attached hydrogens (primary N) is 1. The molecule has 0 saturated heterocycles. The molecule has 2 aromatic carbocycles. The van der Waals surface area contributed by atoms with Gasteiger partial charge in [0.1, 0.15) is 17.6 Å². The van der Waals surface area contributed by atoms with Gasteiger partial charge in [0.05, 0.1) is 5.56 Å². The number of hydrogen-bond donors (Lipinski definition) is 6. The minimum atomic E-state index is -1.35. The molecule has 2 amide bonds. The number of hydrogen-bond acceptors (Lipinski definition) is 6. The van der Waals surface area contributed by atoms with Crippen LogP contribution in [0.1, 0.15) is 56.3 Å². The van der Waals surface area contributed by atoms with Crippen LogP contribution in [0.5, 0.6) is 0 Å². The van der Waals surface area contributed by atoms with Crippen LogP contribution in [0.25, 0.3) is 11.1 Å². The maximum Gasteiger partial charge on any atom is 0.336 e. The van der Waals surface area contributed by atoms with Crippen molar-refractivity contribution in [1.29, 1.82) is 5.41 Å². The van der Waals surface area contributed by atoms with E-state index < -0.39 is 35.7 Å². The lowest BCUT2D eigenvalue weighted by Gasteiger charge is -2.18. The van der Waals surface area contributed by atoms with Gasteiger partial charge in [-0.1, -0.05) is 26.0 Å². The van der Waals surface area contributed by atoms with E-state index in [1.807, 2.05) is 0 Å². The summed E-state index contributed by atoms with van der Waals surface area (Å²) < 4.78 is 0. The molecule has 0 radical (unpaired) electrons. The molecule has 11 heteroatoms. The van der Waals surface area contributed by atoms with Gasteiger partial charge in [0.2, 0.25) is 0 Å². The van der Waals surface area contributed by atoms with Crippen molar-refractivity contribution >= 4 is 35.3 Å². The molecule has 0 aliphatic rings. The van der Waals surface area contributed by atoms with Crippen LogP contribution in [0, 0.1) is 18.3 Å². The highest BCUT2D eigenvalue weighted by atomic mass is 16.4. The molecule has 0 saturated carbocycles. The van der Waals surface area contributed by atoms with Crippen LogP contribution in [-0.4, -0.2) is 50.8 Å². The number of carbonyl (C=O) groups excluding carboxylic acids is 2. The molecule has 1 aromatic heterocycles. The molecule has 3 rings (SSSR count). The number of aryl methyl sites for hydroxylation is 1. The molecular formula is C27H27N5O6. The van der Waals surface area contributed by atoms with Gasteiger partial charge in [0, 0.05) is 28.1 Å². The number of anilines is 1. The number of carboxylic acids is 2. The Balaban J connectivity index is 2.00. The molecule has 0 aliphatic heterocycles. The standard InChI is InChI=1S/C27H27N5O6/c1-13(2)21(27(37)38)32-24(33)16-7-11-18(20(12-16)26(35)36)19-10-4-14(3)30-22(19)25(34)31-17-8-5-15(6-9-17)23(28)29/h4-13,21H,1-3H3,(H3,28,29)(H,31,34)(H,32,33)(H,35,36)(H,37,38). The van der Waals surface area contributed by atoms with Gasteiger partial charge < -0.3 is 26.6 Å². The van der Waals surface area contributed by atoms with Crippen molar-refractivity contribution in [2.24, 2.45) is 11.7 Å². The van der Waals surface area contributed by atoms with Crippen LogP contribution in [0.15, 0.2) is 54.6 Å². The van der Waals surface area contributed by atoms with Crippen LogP contribution in [0.2, 0.25) is 0 Å². The van der Waals surface area contributed by atoms with Crippen molar-refractivity contribution < 1.29 is 29.4 Å². The minimum Gasteiger partial charge on any atom is -0.480 e. The average Bonchev–Trinajstić information content (AvgIpc) is 2.86. The van der Waals surface area contributed by atoms with Crippen LogP contribution in [-0.2, 0) is 4.79 Å². The summed E-state index contributed by atoms with van der Waals surface area (Å²) in [6.45, 7) is 4.96. The highest BCUT2D eigenvalue weighted by Gasteiger charge is 2.26. The summed E-state index contributed by atoms with van der Waals surface area (Å²) in [6.07, 6.45) is 0. The fourth-order valence-electron chi connectivity index (χ4n) is 3.71. The van der Waals surface area contributed by atoms with Gasteiger partial charge >= 0.3 is 11.9 Å². The van der Waals surface area contributed by atoms with Crippen LogP contribution >= 0.6 is 0 Å². The molecule has 1 atom stereocenters. The zero-order valence-corrected chi connectivity index (χ0v) is 20.9. The molecule has 0 aliphatic carbocycles. The summed E-state index contributed by atoms with van der Waals surface area (Å²) in [6, 6.07) is 12.2. The fourth-order valence-corrected chi connectivity index (χ4v) is 3.71. The Morgan fingerprint density at radius 2 is 1.50 bits per heavy atom. The first-order valence-electron chi connectivity index (χ1n) is 11.5. The van der Waals surface area contributed by atoms with E-state index in [1.165, 1.54) is 12.1 Å². The van der Waals surface area contributed by atoms with E-state index in [-0.39, 0.29) is 33.8 Å². The van der Waals surface area contributed by atoms with Gasteiger partial charge in [-0.05, 0) is 60.9 Å². The Morgan fingerprint density at radius 1 is 0.895 bits per heavy atom. The smallest absolute Gasteiger partial charge is 0.336 e. The highest BCUT2D eigenvalue weighted by molar-refractivity contribution is 6.10. The first kappa shape index (κ1) is 27.5. The minimum absolute atomic E-state index is 0.0360. The second kappa shape index (κ2) is 11.3. The van der Waals surface area contributed by atoms with Crippen LogP contribution < -0.4 is 16.4 Å². The molecule has 196 valence electrons. The van der Waals surface area contributed by atoms with E-state index in [0.717, 1.165) is 6.07 Å². The van der Waals surface area contributed by atoms with Gasteiger partial charge in [0.25, 0.3) is 11.8 Å². The van der Waals surface area contributed by atoms with Gasteiger partial charge in [-0.2, -0.15) is 0 Å². The van der Waals surface area contributed by atoms with Gasteiger partial charge in [-0.15, -0.1) is 0 Å². The SMILES string of the molecule is Cc1ccc(-c2ccc(C(=O)NC(C(=O)O)C(C)C)cc2C(=O)O)c(C(=O)Nc2ccc(C(=N)N)cc2)n1. The molecule has 0 spiro atoms. The molecule has 7 N–H and O–H groups in total. The van der Waals surface area contributed by atoms with Gasteiger partial charge in [-0.25, -0.2) is 14.6 Å². The molecular weight excluding hydrogens is 490 g/mol. The summed E-state index contributed by atoms with van der Waals surface area (Å²) >= 11 is 0. The largest absolute Gasteiger partial charge is 0.480 e. The number of aromatic nitrogens is 1. The molecule has 0 bridgehead atoms. The Morgan fingerprint density at radius 3 is 2.05 bits per heavy atom. The number of carboxylic acid groups (broad SMARTS) is 2. The number of amidine groups is 1. The third-order valence-electron chi connectivity index (χ3n) is 5.72. The number of nitrogen functional groups attached to an aromatic ring is 1. The lowest BCUT2D eigenvalue weighted by molar-refractivity contribution is -0.140. The second-order valence-corrected chi connectivity index (χ2v) is 8.89. The maximum atomic E-state index is 13.2. The van der Waals surface area contributed by atoms with E-state index >= 15 is 0 Å². The molecule has 1 unspecified atom stereocenters. The number of nitrogens with one attached hydrogen (secondary N) is 3. The van der Waals surface area contributed by atoms with Crippen molar-refractivity contribution in [2.45, 2.75) is 26.8 Å². The van der Waals surface area contributed by atoms with Crippen molar-refractivity contribution in [3.05, 3.63) is 82.7 Å². The maximum absolute atomic E-state index is 13.2. The zero-order chi connectivity index (χ0) is 28.1. The first-order valence-corrected chi connectivity index (χ1v) is 11.5. The lowest BCUT2D eigenvalue weighted by atomic mass is 9.95. The third kappa shape index (κ3) is 6.19. The zero-order valence-electron chi connectivity index (χ0n) is 20.9. The molecule has 3 aromatic rings. The quantitative estimate of drug-likeness (QED) is 0.184. The van der Waals surface area contributed by atoms with Crippen molar-refractivity contribution in [3.63, 3.8) is 0 Å². The van der Waals surface area contributed by atoms with Crippen LogP contribution in [0.3, 0.4) is 0 Å². The topological polar surface area (TPSA) is 196 Å². The van der Waals surface area contributed by atoms with E-state index in [1.54, 1.807) is 57.2 Å². The number of pyridine rings is 1. The predicted octanol–water partition coefficient (Wildman–Crippen LogP) is 3.13. The number of aromatic carboxylic acids is 1. The Kier molecular flexibility index (Phi) is 8.21. The fraction of sp³-hybridized carbons (Fsp3) is 0.185. The van der Waals surface area contributed by atoms with Crippen LogP contribution in [0.4, 0.5) is 5.69 Å². The monoisotopic (exact) mass is 517 g/mol. The molecule has 38 heavy (non-hydrogen) atoms. The summed E-state index contributed by atoms with van der Waals surface area (Å²) in [5.41, 5.74) is 6.91. The van der Waals surface area contributed by atoms with Crippen molar-refractivity contribution in [3.8, 4) is 11.1 Å². The normalized spacial score (nSPS) is 11.5. The Labute approximate surface area is 218 Å². The Bertz CT molecular complexity index is 1430. The number of aliphatic carboxylic acids is 1. The van der Waals surface area contributed by atoms with E-state index in [0.29, 0.717) is 16.9 Å². The molecule has 11 nitrogen and oxygen atoms in total. The predicted molar refractivity (Wildman–Crippen MR) is 141 cm³/mol. The Hall–Kier alpha value is -5.06. The van der Waals surface area contributed by atoms with Gasteiger partial charge in [0.15, 0.2) is 0 Å². The summed E-state index contributed by atoms with van der Waals surface area (Å²) in [7, 11) is 0. The van der Waals surface area contributed by atoms with E-state index in [9.17, 15) is 29.4 Å². The number of rotatable bonds is 9. The number of benzene rings is 2. The highest BCUT2D eigenvalue weighted by Crippen LogP contribution is 2.29. The molecule has 0 fully saturated rings. The van der Waals surface area contributed by atoms with Crippen molar-refractivity contribution in [2.75, 3.05) is 5.32 Å². The first-order chi connectivity index (χ1) is 17.9. The number of nitrogens with zero attached hydrogens (tertiary/aromatic N) is 1. The lowest BCUT2D eigenvalue weighted by Crippen LogP contribution is -2.44. The van der Waals surface area contributed by atoms with E-state index in [2.05, 4.69) is 15.6 Å².